The summed E-state index contributed by atoms with van der Waals surface area (Å²) in [6.45, 7) is 8.71. The van der Waals surface area contributed by atoms with Gasteiger partial charge in [0.1, 0.15) is 12.6 Å². The molecule has 9 heteroatoms. The molecule has 0 N–H and O–H groups in total. The van der Waals surface area contributed by atoms with Gasteiger partial charge in [0.15, 0.2) is 0 Å². The Kier molecular flexibility index (Phi) is 6.58. The molecule has 29 heavy (non-hydrogen) atoms. The maximum atomic E-state index is 13.2. The largest absolute Gasteiger partial charge is 1.00 e. The number of carbonyl (C=O) groups excluding carboxylic acids is 1. The molecule has 4 rings (SSSR count). The first-order valence-electron chi connectivity index (χ1n) is 9.59. The van der Waals surface area contributed by atoms with E-state index < -0.39 is 7.41 Å². The number of likely N-dealkylation sites (N-methyl/N-ethyl adjacent to an activating group) is 1. The molecule has 0 unspecified atom stereocenters. The van der Waals surface area contributed by atoms with Gasteiger partial charge in [0.25, 0.3) is 0 Å². The lowest BCUT2D eigenvalue weighted by atomic mass is 9.98. The zero-order valence-electron chi connectivity index (χ0n) is 17.6. The standard InChI is InChI=1S/C20H29N5O2P.HI/c1-22(28(3,4)5)12-18-19-16(11-21-23(19)2)17-13-24(18)20(26)25(17)27-14-15-9-7-6-8-10-15;/h6-11,17-18H,12-14H2,1-5H3;1H/q+1;/p-1/t17-,18-;/m1./s1. The Bertz CT molecular complexity index is 870. The summed E-state index contributed by atoms with van der Waals surface area (Å²) < 4.78 is 4.32. The van der Waals surface area contributed by atoms with Crippen LogP contribution in [0.4, 0.5) is 4.79 Å². The van der Waals surface area contributed by atoms with Crippen molar-refractivity contribution >= 4 is 13.4 Å². The Labute approximate surface area is 190 Å². The average Bonchev–Trinajstić information content (AvgIpc) is 3.17. The van der Waals surface area contributed by atoms with Crippen molar-refractivity contribution in [2.75, 3.05) is 40.1 Å². The van der Waals surface area contributed by atoms with Crippen LogP contribution in [0.25, 0.3) is 0 Å². The minimum atomic E-state index is -1.17. The highest BCUT2D eigenvalue weighted by Gasteiger charge is 2.51. The number of fused-ring (bicyclic) bond motifs is 4. The number of urea groups is 1. The number of hydrogen-bond acceptors (Lipinski definition) is 4. The number of benzene rings is 1. The highest BCUT2D eigenvalue weighted by atomic mass is 127. The molecule has 1 saturated heterocycles. The van der Waals surface area contributed by atoms with Crippen molar-refractivity contribution < 1.29 is 33.6 Å². The Balaban J connectivity index is 0.00000240. The first kappa shape index (κ1) is 22.5. The van der Waals surface area contributed by atoms with E-state index >= 15 is 0 Å². The minimum Gasteiger partial charge on any atom is -1.00 e. The molecule has 0 aliphatic carbocycles. The molecule has 1 fully saturated rings. The van der Waals surface area contributed by atoms with E-state index in [0.717, 1.165) is 23.4 Å². The van der Waals surface area contributed by atoms with Crippen LogP contribution < -0.4 is 24.0 Å². The van der Waals surface area contributed by atoms with Crippen LogP contribution in [0.15, 0.2) is 36.5 Å². The van der Waals surface area contributed by atoms with Crippen LogP contribution in [0.3, 0.4) is 0 Å². The number of rotatable bonds is 6. The van der Waals surface area contributed by atoms with Gasteiger partial charge in [-0.3, -0.25) is 9.52 Å². The number of amides is 2. The summed E-state index contributed by atoms with van der Waals surface area (Å²) in [5.41, 5.74) is 3.27. The minimum absolute atomic E-state index is 0. The quantitative estimate of drug-likeness (QED) is 0.395. The molecular formula is C20H29IN5O2P. The first-order valence-corrected chi connectivity index (χ1v) is 12.7. The fraction of sp³-hybridized carbons (Fsp3) is 0.500. The Morgan fingerprint density at radius 3 is 2.59 bits per heavy atom. The summed E-state index contributed by atoms with van der Waals surface area (Å²) in [6, 6.07) is 9.78. The molecule has 2 aliphatic heterocycles. The van der Waals surface area contributed by atoms with E-state index in [4.69, 9.17) is 4.84 Å². The topological polar surface area (TPSA) is 53.8 Å². The van der Waals surface area contributed by atoms with Crippen LogP contribution in [0.2, 0.25) is 0 Å². The van der Waals surface area contributed by atoms with E-state index in [2.05, 4.69) is 36.8 Å². The van der Waals surface area contributed by atoms with Crippen LogP contribution in [-0.4, -0.2) is 70.6 Å². The van der Waals surface area contributed by atoms with Gasteiger partial charge in [0.05, 0.1) is 58.4 Å². The Morgan fingerprint density at radius 2 is 1.93 bits per heavy atom. The van der Waals surface area contributed by atoms with Crippen molar-refractivity contribution in [3.05, 3.63) is 53.3 Å². The van der Waals surface area contributed by atoms with Crippen LogP contribution >= 0.6 is 7.41 Å². The van der Waals surface area contributed by atoms with Crippen molar-refractivity contribution in [2.45, 2.75) is 18.7 Å². The first-order chi connectivity index (χ1) is 13.3. The third kappa shape index (κ3) is 4.17. The van der Waals surface area contributed by atoms with Crippen LogP contribution in [-0.2, 0) is 18.5 Å². The highest BCUT2D eigenvalue weighted by molar-refractivity contribution is 7.71. The lowest BCUT2D eigenvalue weighted by Gasteiger charge is -2.35. The molecule has 158 valence electrons. The molecule has 2 bridgehead atoms. The average molecular weight is 529 g/mol. The summed E-state index contributed by atoms with van der Waals surface area (Å²) in [5, 5.41) is 6.06. The van der Waals surface area contributed by atoms with Crippen LogP contribution in [0, 0.1) is 0 Å². The molecule has 3 heterocycles. The normalized spacial score (nSPS) is 20.8. The molecule has 7 nitrogen and oxygen atoms in total. The molecular weight excluding hydrogens is 500 g/mol. The molecule has 2 aliphatic rings. The van der Waals surface area contributed by atoms with Crippen molar-refractivity contribution in [1.29, 1.82) is 0 Å². The van der Waals surface area contributed by atoms with E-state index in [1.54, 1.807) is 5.06 Å². The monoisotopic (exact) mass is 529 g/mol. The zero-order valence-corrected chi connectivity index (χ0v) is 20.7. The maximum Gasteiger partial charge on any atom is 0.345 e. The number of aromatic nitrogens is 2. The fourth-order valence-electron chi connectivity index (χ4n) is 3.90. The molecule has 2 atom stereocenters. The van der Waals surface area contributed by atoms with E-state index in [-0.39, 0.29) is 42.1 Å². The number of nitrogens with zero attached hydrogens (tertiary/aromatic N) is 5. The summed E-state index contributed by atoms with van der Waals surface area (Å²) in [7, 11) is 2.94. The van der Waals surface area contributed by atoms with Gasteiger partial charge in [0.2, 0.25) is 0 Å². The fourth-order valence-corrected chi connectivity index (χ4v) is 4.55. The Morgan fingerprint density at radius 1 is 1.24 bits per heavy atom. The molecule has 1 aromatic carbocycles. The second-order valence-electron chi connectivity index (χ2n) is 8.44. The van der Waals surface area contributed by atoms with Gasteiger partial charge < -0.3 is 28.9 Å². The van der Waals surface area contributed by atoms with E-state index in [1.807, 2.05) is 53.2 Å². The third-order valence-electron chi connectivity index (χ3n) is 5.83. The highest BCUT2D eigenvalue weighted by Crippen LogP contribution is 2.52. The number of aryl methyl sites for hydroxylation is 1. The van der Waals surface area contributed by atoms with Gasteiger partial charge in [-0.1, -0.05) is 30.3 Å². The van der Waals surface area contributed by atoms with Crippen molar-refractivity contribution in [3.63, 3.8) is 0 Å². The van der Waals surface area contributed by atoms with Gasteiger partial charge in [0, 0.05) is 19.7 Å². The van der Waals surface area contributed by atoms with Gasteiger partial charge >= 0.3 is 6.03 Å². The van der Waals surface area contributed by atoms with Gasteiger partial charge in [-0.2, -0.15) is 14.8 Å². The van der Waals surface area contributed by atoms with Crippen molar-refractivity contribution in [1.82, 2.24) is 24.4 Å². The molecule has 0 saturated carbocycles. The van der Waals surface area contributed by atoms with Gasteiger partial charge in [-0.05, 0) is 5.56 Å². The maximum absolute atomic E-state index is 13.2. The smallest absolute Gasteiger partial charge is 0.345 e. The number of hydroxylamine groups is 2. The number of halogens is 1. The summed E-state index contributed by atoms with van der Waals surface area (Å²) in [5.74, 6) is 0. The second kappa shape index (κ2) is 8.49. The lowest BCUT2D eigenvalue weighted by Crippen LogP contribution is -3.00. The molecule has 2 amide bonds. The number of hydrogen-bond donors (Lipinski definition) is 0. The SMILES string of the molecule is CN(C[C@@H]1c2c(cnn2C)[C@H]2CN1C(=O)N2OCc1ccccc1)[P+](C)(C)C.[I-]. The van der Waals surface area contributed by atoms with Gasteiger partial charge in [-0.15, -0.1) is 0 Å². The molecule has 0 radical (unpaired) electrons. The van der Waals surface area contributed by atoms with Crippen molar-refractivity contribution in [2.24, 2.45) is 7.05 Å². The molecule has 2 aromatic rings. The number of carbonyl (C=O) groups is 1. The summed E-state index contributed by atoms with van der Waals surface area (Å²) in [6.07, 6.45) is 1.90. The summed E-state index contributed by atoms with van der Waals surface area (Å²) >= 11 is 0. The predicted octanol–water partition coefficient (Wildman–Crippen LogP) is 0.143. The van der Waals surface area contributed by atoms with E-state index in [0.29, 0.717) is 13.2 Å². The van der Waals surface area contributed by atoms with E-state index in [9.17, 15) is 4.79 Å². The summed E-state index contributed by atoms with van der Waals surface area (Å²) in [4.78, 5) is 21.2. The van der Waals surface area contributed by atoms with E-state index in [1.165, 1.54) is 0 Å². The van der Waals surface area contributed by atoms with Crippen LogP contribution in [0.5, 0.6) is 0 Å². The third-order valence-corrected chi connectivity index (χ3v) is 8.04. The van der Waals surface area contributed by atoms with Crippen molar-refractivity contribution in [3.8, 4) is 0 Å². The van der Waals surface area contributed by atoms with Gasteiger partial charge in [-0.25, -0.2) is 4.79 Å². The zero-order chi connectivity index (χ0) is 20.1. The van der Waals surface area contributed by atoms with Crippen LogP contribution in [0.1, 0.15) is 28.9 Å². The second-order valence-corrected chi connectivity index (χ2v) is 13.0. The predicted molar refractivity (Wildman–Crippen MR) is 111 cm³/mol. The molecule has 1 aromatic heterocycles. The molecule has 0 spiro atoms. The lowest BCUT2D eigenvalue weighted by molar-refractivity contribution is -0.141. The Hall–Kier alpha value is -1.22.